The first kappa shape index (κ1) is 23.0. The van der Waals surface area contributed by atoms with Crippen molar-refractivity contribution in [2.24, 2.45) is 0 Å². The number of hydrogen-bond donors (Lipinski definition) is 1. The molecule has 0 bridgehead atoms. The summed E-state index contributed by atoms with van der Waals surface area (Å²) in [5.41, 5.74) is 0. The van der Waals surface area contributed by atoms with Crippen LogP contribution in [0.2, 0.25) is 0 Å². The van der Waals surface area contributed by atoms with E-state index in [0.717, 1.165) is 12.8 Å². The summed E-state index contributed by atoms with van der Waals surface area (Å²) >= 11 is 0. The average Bonchev–Trinajstić information content (AvgIpc) is 1.87. The maximum atomic E-state index is 9.95. The van der Waals surface area contributed by atoms with Gasteiger partial charge in [-0.2, -0.15) is 6.42 Å². The van der Waals surface area contributed by atoms with Crippen molar-refractivity contribution < 1.29 is 35.1 Å². The third kappa shape index (κ3) is 24.5. The molecule has 0 aliphatic heterocycles. The topological polar surface area (TPSA) is 54.4 Å². The van der Waals surface area contributed by atoms with Crippen LogP contribution in [-0.2, 0) is 30.0 Å². The minimum atomic E-state index is -0.768. The monoisotopic (exact) mass is 279 g/mol. The van der Waals surface area contributed by atoms with Gasteiger partial charge in [-0.05, 0) is 6.42 Å². The first-order chi connectivity index (χ1) is 4.77. The van der Waals surface area contributed by atoms with E-state index in [0.29, 0.717) is 12.8 Å². The van der Waals surface area contributed by atoms with E-state index in [2.05, 4.69) is 0 Å². The summed E-state index contributed by atoms with van der Waals surface area (Å²) in [6.07, 6.45) is 4.63. The predicted octanol–water partition coefficient (Wildman–Crippen LogP) is 2.03. The van der Waals surface area contributed by atoms with Gasteiger partial charge < -0.3 is 24.8 Å². The fourth-order valence-corrected chi connectivity index (χ4v) is 0.650. The van der Waals surface area contributed by atoms with Gasteiger partial charge in [-0.25, -0.2) is 0 Å². The Morgan fingerprint density at radius 1 is 1.15 bits per heavy atom. The molecule has 0 saturated heterocycles. The zero-order chi connectivity index (χ0) is 7.82. The largest absolute Gasteiger partial charge is 0.542 e. The summed E-state index contributed by atoms with van der Waals surface area (Å²) in [7, 11) is 0. The third-order valence-corrected chi connectivity index (χ3v) is 1.17. The molecule has 3 nitrogen and oxygen atoms in total. The Morgan fingerprint density at radius 3 is 2.08 bits per heavy atom. The number of hydrogen-bond acceptors (Lipinski definition) is 2. The van der Waals surface area contributed by atoms with E-state index in [1.165, 1.54) is 0 Å². The minimum absolute atomic E-state index is 0. The Hall–Kier alpha value is -0.198. The number of aliphatic carboxylic acids is 1. The fourth-order valence-electron chi connectivity index (χ4n) is 0.650. The maximum Gasteiger partial charge on any atom is 0.303 e. The van der Waals surface area contributed by atoms with Crippen molar-refractivity contribution >= 4 is 12.3 Å². The SMILES string of the molecule is O=[C-]CCCCCC(=O)O.[CH3-].[CH3-].[Pd]. The molecule has 0 radical (unpaired) electrons. The maximum absolute atomic E-state index is 9.95. The molecule has 0 aliphatic carbocycles. The van der Waals surface area contributed by atoms with Crippen LogP contribution in [0.4, 0.5) is 0 Å². The van der Waals surface area contributed by atoms with Crippen LogP contribution in [0.5, 0.6) is 0 Å². The molecule has 0 unspecified atom stereocenters. The molecular formula is C9H17O3Pd-3. The molecule has 0 spiro atoms. The average molecular weight is 280 g/mol. The third-order valence-electron chi connectivity index (χ3n) is 1.17. The molecule has 0 rings (SSSR count). The molecule has 84 valence electrons. The van der Waals surface area contributed by atoms with Gasteiger partial charge in [0, 0.05) is 26.8 Å². The van der Waals surface area contributed by atoms with Crippen molar-refractivity contribution in [3.63, 3.8) is 0 Å². The van der Waals surface area contributed by atoms with Crippen molar-refractivity contribution in [3.05, 3.63) is 14.9 Å². The van der Waals surface area contributed by atoms with Crippen molar-refractivity contribution in [2.45, 2.75) is 32.1 Å². The first-order valence-corrected chi connectivity index (χ1v) is 3.34. The molecule has 0 aliphatic rings. The summed E-state index contributed by atoms with van der Waals surface area (Å²) < 4.78 is 0. The van der Waals surface area contributed by atoms with Crippen molar-refractivity contribution in [1.29, 1.82) is 0 Å². The zero-order valence-electron chi connectivity index (χ0n) is 8.12. The molecule has 0 aromatic rings. The van der Waals surface area contributed by atoms with Gasteiger partial charge in [0.25, 0.3) is 0 Å². The van der Waals surface area contributed by atoms with E-state index >= 15 is 0 Å². The number of carbonyl (C=O) groups excluding carboxylic acids is 1. The first-order valence-electron chi connectivity index (χ1n) is 3.34. The van der Waals surface area contributed by atoms with Crippen LogP contribution in [0, 0.1) is 14.9 Å². The van der Waals surface area contributed by atoms with E-state index in [9.17, 15) is 9.59 Å². The number of carboxylic acid groups (broad SMARTS) is 1. The molecule has 4 heteroatoms. The summed E-state index contributed by atoms with van der Waals surface area (Å²) in [6, 6.07) is 0. The summed E-state index contributed by atoms with van der Waals surface area (Å²) in [4.78, 5) is 19.6. The number of carbonyl (C=O) groups is 1. The van der Waals surface area contributed by atoms with E-state index < -0.39 is 5.97 Å². The van der Waals surface area contributed by atoms with Crippen LogP contribution < -0.4 is 0 Å². The second kappa shape index (κ2) is 17.8. The van der Waals surface area contributed by atoms with Crippen LogP contribution in [0.3, 0.4) is 0 Å². The van der Waals surface area contributed by atoms with Crippen molar-refractivity contribution in [1.82, 2.24) is 0 Å². The Balaban J connectivity index is -0.000000135. The summed E-state index contributed by atoms with van der Waals surface area (Å²) in [5, 5.41) is 8.19. The quantitative estimate of drug-likeness (QED) is 0.460. The number of rotatable bonds is 6. The summed E-state index contributed by atoms with van der Waals surface area (Å²) in [6.45, 7) is 0. The van der Waals surface area contributed by atoms with E-state index in [1.54, 1.807) is 6.29 Å². The predicted molar refractivity (Wildman–Crippen MR) is 49.2 cm³/mol. The second-order valence-electron chi connectivity index (χ2n) is 2.10. The molecule has 13 heavy (non-hydrogen) atoms. The Labute approximate surface area is 94.6 Å². The van der Waals surface area contributed by atoms with Crippen LogP contribution in [0.25, 0.3) is 0 Å². The molecule has 0 fully saturated rings. The normalized spacial score (nSPS) is 7.08. The molecule has 1 N–H and O–H groups in total. The van der Waals surface area contributed by atoms with Gasteiger partial charge in [0.1, 0.15) is 0 Å². The van der Waals surface area contributed by atoms with Gasteiger partial charge in [-0.1, -0.05) is 12.8 Å². The van der Waals surface area contributed by atoms with Gasteiger partial charge in [0.2, 0.25) is 0 Å². The summed E-state index contributed by atoms with van der Waals surface area (Å²) in [5.74, 6) is -0.768. The van der Waals surface area contributed by atoms with Gasteiger partial charge in [0.15, 0.2) is 0 Å². The molecule has 0 amide bonds. The number of carboxylic acids is 1. The number of unbranched alkanes of at least 4 members (excludes halogenated alkanes) is 3. The standard InChI is InChI=1S/C7H11O3.2CH3.Pd/c8-6-4-2-1-3-5-7(9)10;;;/h1-5H2,(H,9,10);2*1H3;/q3*-1;. The zero-order valence-corrected chi connectivity index (χ0v) is 9.67. The van der Waals surface area contributed by atoms with Crippen LogP contribution in [-0.4, -0.2) is 17.4 Å². The molecule has 0 aromatic heterocycles. The van der Waals surface area contributed by atoms with Crippen molar-refractivity contribution in [2.75, 3.05) is 0 Å². The van der Waals surface area contributed by atoms with Crippen LogP contribution in [0.1, 0.15) is 32.1 Å². The molecule has 0 saturated carbocycles. The molecule has 0 atom stereocenters. The van der Waals surface area contributed by atoms with E-state index in [4.69, 9.17) is 5.11 Å². The van der Waals surface area contributed by atoms with Gasteiger partial charge in [0.05, 0.1) is 0 Å². The molecule has 0 heterocycles. The smallest absolute Gasteiger partial charge is 0.303 e. The van der Waals surface area contributed by atoms with Gasteiger partial charge in [-0.15, -0.1) is 0 Å². The second-order valence-corrected chi connectivity index (χ2v) is 2.10. The van der Waals surface area contributed by atoms with Crippen molar-refractivity contribution in [3.8, 4) is 0 Å². The van der Waals surface area contributed by atoms with E-state index in [-0.39, 0.29) is 41.7 Å². The molecule has 0 aromatic carbocycles. The Morgan fingerprint density at radius 2 is 1.69 bits per heavy atom. The minimum Gasteiger partial charge on any atom is -0.542 e. The van der Waals surface area contributed by atoms with E-state index in [1.807, 2.05) is 0 Å². The van der Waals surface area contributed by atoms with Crippen LogP contribution >= 0.6 is 0 Å². The van der Waals surface area contributed by atoms with Gasteiger partial charge >= 0.3 is 5.97 Å². The molecular weight excluding hydrogens is 263 g/mol. The van der Waals surface area contributed by atoms with Gasteiger partial charge in [-0.3, -0.25) is 11.1 Å². The Bertz CT molecular complexity index is 115. The Kier molecular flexibility index (Phi) is 31.5. The fraction of sp³-hybridized carbons (Fsp3) is 0.556. The van der Waals surface area contributed by atoms with Crippen LogP contribution in [0.15, 0.2) is 0 Å².